The second kappa shape index (κ2) is 2.94. The number of aromatic nitrogens is 1. The van der Waals surface area contributed by atoms with Crippen molar-refractivity contribution in [2.24, 2.45) is 0 Å². The lowest BCUT2D eigenvalue weighted by Crippen LogP contribution is -2.07. The molecule has 1 rings (SSSR count). The molecule has 0 unspecified atom stereocenters. The molecular weight excluding hydrogens is 191 g/mol. The lowest BCUT2D eigenvalue weighted by atomic mass is 10.1. The van der Waals surface area contributed by atoms with Crippen LogP contribution in [0.15, 0.2) is 12.3 Å². The summed E-state index contributed by atoms with van der Waals surface area (Å²) >= 11 is 5.39. The first-order valence-corrected chi connectivity index (χ1v) is 3.48. The van der Waals surface area contributed by atoms with Crippen LogP contribution in [0, 0.1) is 6.92 Å². The average molecular weight is 196 g/mol. The van der Waals surface area contributed by atoms with Gasteiger partial charge < -0.3 is 0 Å². The van der Waals surface area contributed by atoms with Crippen LogP contribution < -0.4 is 0 Å². The normalized spacial score (nSPS) is 11.8. The molecule has 1 aromatic heterocycles. The van der Waals surface area contributed by atoms with Crippen molar-refractivity contribution in [2.45, 2.75) is 13.1 Å². The molecule has 5 heteroatoms. The Labute approximate surface area is 72.2 Å². The Bertz CT molecular complexity index is 295. The van der Waals surface area contributed by atoms with E-state index in [1.54, 1.807) is 0 Å². The quantitative estimate of drug-likeness (QED) is 0.580. The molecule has 0 aliphatic carbocycles. The van der Waals surface area contributed by atoms with Crippen molar-refractivity contribution in [1.29, 1.82) is 0 Å². The van der Waals surface area contributed by atoms with Crippen LogP contribution in [-0.2, 0) is 6.18 Å². The van der Waals surface area contributed by atoms with E-state index < -0.39 is 11.7 Å². The molecule has 0 N–H and O–H groups in total. The van der Waals surface area contributed by atoms with Crippen LogP contribution in [0.4, 0.5) is 13.2 Å². The van der Waals surface area contributed by atoms with Crippen LogP contribution in [0.1, 0.15) is 11.1 Å². The maximum atomic E-state index is 12.1. The zero-order valence-electron chi connectivity index (χ0n) is 6.11. The van der Waals surface area contributed by atoms with E-state index in [1.807, 2.05) is 0 Å². The molecule has 66 valence electrons. The lowest BCUT2D eigenvalue weighted by molar-refractivity contribution is -0.138. The highest BCUT2D eigenvalue weighted by Crippen LogP contribution is 2.31. The molecule has 0 radical (unpaired) electrons. The van der Waals surface area contributed by atoms with E-state index in [9.17, 15) is 13.2 Å². The molecule has 0 fully saturated rings. The third-order valence-electron chi connectivity index (χ3n) is 1.38. The molecule has 0 spiro atoms. The second-order valence-electron chi connectivity index (χ2n) is 2.32. The van der Waals surface area contributed by atoms with Gasteiger partial charge >= 0.3 is 6.18 Å². The summed E-state index contributed by atoms with van der Waals surface area (Å²) in [6.07, 6.45) is -3.61. The predicted molar refractivity (Wildman–Crippen MR) is 39.0 cm³/mol. The van der Waals surface area contributed by atoms with E-state index >= 15 is 0 Å². The van der Waals surface area contributed by atoms with Crippen LogP contribution in [0.25, 0.3) is 0 Å². The fraction of sp³-hybridized carbons (Fsp3) is 0.286. The summed E-state index contributed by atoms with van der Waals surface area (Å²) in [5.41, 5.74) is -0.658. The Morgan fingerprint density at radius 1 is 1.42 bits per heavy atom. The Morgan fingerprint density at radius 2 is 2.00 bits per heavy atom. The van der Waals surface area contributed by atoms with Gasteiger partial charge in [0.25, 0.3) is 0 Å². The molecule has 0 aliphatic rings. The van der Waals surface area contributed by atoms with Gasteiger partial charge in [-0.05, 0) is 18.6 Å². The number of hydrogen-bond acceptors (Lipinski definition) is 1. The third-order valence-corrected chi connectivity index (χ3v) is 1.59. The largest absolute Gasteiger partial charge is 0.418 e. The molecule has 0 amide bonds. The van der Waals surface area contributed by atoms with Gasteiger partial charge in [0.05, 0.1) is 5.56 Å². The van der Waals surface area contributed by atoms with Gasteiger partial charge in [-0.1, -0.05) is 11.6 Å². The molecule has 0 saturated heterocycles. The van der Waals surface area contributed by atoms with E-state index in [0.717, 1.165) is 6.20 Å². The minimum atomic E-state index is -4.35. The third kappa shape index (κ3) is 1.88. The molecule has 0 aliphatic heterocycles. The van der Waals surface area contributed by atoms with Gasteiger partial charge in [0.15, 0.2) is 0 Å². The number of alkyl halides is 3. The smallest absolute Gasteiger partial charge is 0.244 e. The summed E-state index contributed by atoms with van der Waals surface area (Å²) in [7, 11) is 0. The summed E-state index contributed by atoms with van der Waals surface area (Å²) in [6.45, 7) is 1.34. The molecule has 12 heavy (non-hydrogen) atoms. The van der Waals surface area contributed by atoms with Gasteiger partial charge in [-0.3, -0.25) is 0 Å². The Hall–Kier alpha value is -0.770. The Balaban J connectivity index is 3.19. The highest BCUT2D eigenvalue weighted by molar-refractivity contribution is 6.29. The minimum absolute atomic E-state index is 0.0699. The summed E-state index contributed by atoms with van der Waals surface area (Å²) in [5.74, 6) is 0. The summed E-state index contributed by atoms with van der Waals surface area (Å²) in [6, 6.07) is 1.18. The molecule has 0 atom stereocenters. The molecular formula is C7H5ClF3N. The number of halogens is 4. The number of pyridine rings is 1. The summed E-state index contributed by atoms with van der Waals surface area (Å²) in [5, 5.41) is 0.0699. The topological polar surface area (TPSA) is 12.9 Å². The zero-order valence-corrected chi connectivity index (χ0v) is 6.87. The maximum Gasteiger partial charge on any atom is 0.418 e. The highest BCUT2D eigenvalue weighted by Gasteiger charge is 2.32. The van der Waals surface area contributed by atoms with Gasteiger partial charge in [-0.15, -0.1) is 0 Å². The fourth-order valence-electron chi connectivity index (χ4n) is 0.818. The van der Waals surface area contributed by atoms with Gasteiger partial charge in [0, 0.05) is 6.20 Å². The van der Waals surface area contributed by atoms with E-state index in [4.69, 9.17) is 11.6 Å². The molecule has 1 aromatic rings. The second-order valence-corrected chi connectivity index (χ2v) is 2.71. The van der Waals surface area contributed by atoms with Crippen LogP contribution in [-0.4, -0.2) is 4.98 Å². The number of hydrogen-bond donors (Lipinski definition) is 0. The maximum absolute atomic E-state index is 12.1. The van der Waals surface area contributed by atoms with Gasteiger partial charge in [0.1, 0.15) is 5.15 Å². The van der Waals surface area contributed by atoms with E-state index in [-0.39, 0.29) is 10.7 Å². The van der Waals surface area contributed by atoms with Gasteiger partial charge in [0.2, 0.25) is 0 Å². The number of aryl methyl sites for hydroxylation is 1. The first-order chi connectivity index (χ1) is 5.41. The molecule has 0 saturated carbocycles. The van der Waals surface area contributed by atoms with Crippen molar-refractivity contribution < 1.29 is 13.2 Å². The van der Waals surface area contributed by atoms with Crippen molar-refractivity contribution in [3.63, 3.8) is 0 Å². The van der Waals surface area contributed by atoms with Crippen molar-refractivity contribution in [3.05, 3.63) is 28.5 Å². The molecule has 0 bridgehead atoms. The fourth-order valence-corrected chi connectivity index (χ4v) is 1.03. The molecule has 0 aromatic carbocycles. The summed E-state index contributed by atoms with van der Waals surface area (Å²) < 4.78 is 36.3. The van der Waals surface area contributed by atoms with Crippen LogP contribution in [0.5, 0.6) is 0 Å². The lowest BCUT2D eigenvalue weighted by Gasteiger charge is -2.08. The standard InChI is InChI=1S/C7H5ClF3N/c1-4-2-6(8)12-3-5(4)7(9,10)11/h2-3H,1H3. The van der Waals surface area contributed by atoms with Crippen molar-refractivity contribution >= 4 is 11.6 Å². The average Bonchev–Trinajstić information content (AvgIpc) is 1.83. The molecule has 1 nitrogen and oxygen atoms in total. The van der Waals surface area contributed by atoms with E-state index in [2.05, 4.69) is 4.98 Å². The zero-order chi connectivity index (χ0) is 9.35. The summed E-state index contributed by atoms with van der Waals surface area (Å²) in [4.78, 5) is 3.35. The highest BCUT2D eigenvalue weighted by atomic mass is 35.5. The van der Waals surface area contributed by atoms with Crippen LogP contribution in [0.3, 0.4) is 0 Å². The molecule has 1 heterocycles. The van der Waals surface area contributed by atoms with Crippen molar-refractivity contribution in [1.82, 2.24) is 4.98 Å². The number of rotatable bonds is 0. The monoisotopic (exact) mass is 195 g/mol. The van der Waals surface area contributed by atoms with E-state index in [1.165, 1.54) is 13.0 Å². The van der Waals surface area contributed by atoms with Crippen molar-refractivity contribution in [2.75, 3.05) is 0 Å². The van der Waals surface area contributed by atoms with Crippen molar-refractivity contribution in [3.8, 4) is 0 Å². The van der Waals surface area contributed by atoms with E-state index in [0.29, 0.717) is 0 Å². The van der Waals surface area contributed by atoms with Gasteiger partial charge in [-0.25, -0.2) is 4.98 Å². The van der Waals surface area contributed by atoms with Crippen LogP contribution in [0.2, 0.25) is 5.15 Å². The predicted octanol–water partition coefficient (Wildman–Crippen LogP) is 3.06. The Morgan fingerprint density at radius 3 is 2.42 bits per heavy atom. The number of nitrogens with zero attached hydrogens (tertiary/aromatic N) is 1. The minimum Gasteiger partial charge on any atom is -0.244 e. The first kappa shape index (κ1) is 9.32. The first-order valence-electron chi connectivity index (χ1n) is 3.10. The SMILES string of the molecule is Cc1cc(Cl)ncc1C(F)(F)F. The van der Waals surface area contributed by atoms with Crippen LogP contribution >= 0.6 is 11.6 Å². The van der Waals surface area contributed by atoms with Gasteiger partial charge in [-0.2, -0.15) is 13.2 Å². The Kier molecular flexibility index (Phi) is 2.28.